The Labute approximate surface area is 906 Å². The van der Waals surface area contributed by atoms with E-state index in [-0.39, 0.29) is 0 Å². The van der Waals surface area contributed by atoms with Crippen LogP contribution in [0.15, 0.2) is 364 Å². The molecule has 768 valence electrons. The van der Waals surface area contributed by atoms with Crippen LogP contribution in [0.25, 0.3) is 134 Å². The van der Waals surface area contributed by atoms with Crippen molar-refractivity contribution >= 4 is 0 Å². The molecule has 0 fully saturated rings. The number of hydrogen-bond acceptors (Lipinski definition) is 0. The Hall–Kier alpha value is -14.0. The van der Waals surface area contributed by atoms with Gasteiger partial charge < -0.3 is 0 Å². The summed E-state index contributed by atoms with van der Waals surface area (Å²) in [5, 5.41) is 0. The average molecular weight is 1970 g/mol. The summed E-state index contributed by atoms with van der Waals surface area (Å²) in [6, 6.07) is 134. The molecule has 0 radical (unpaired) electrons. The Morgan fingerprint density at radius 2 is 0.247 bits per heavy atom. The molecule has 0 aliphatic heterocycles. The first-order valence-electron chi connectivity index (χ1n) is 57.9. The Morgan fingerprint density at radius 3 is 0.480 bits per heavy atom. The predicted octanol–water partition coefficient (Wildman–Crippen LogP) is 43.6. The van der Waals surface area contributed by atoms with Gasteiger partial charge in [-0.1, -0.05) is 550 Å². The molecule has 0 heteroatoms. The SMILES string of the molecule is CC.CC.CC.CC.CC.CC.CCC.CCC.CCC.CCC.CCC.CCC.c1ccc2c(c1)Cc1c-2ccc2c1-c1ccccc1C2.c1ccc2c(c1)Cc1c-2ccc2c1-c1ccccc1C2.c1ccc2c(c1)Cc1c-2ccc2c1Cc1ccccc1-2.c1ccc2c(c1)Cc1cc3c(cc1-2)-c1ccccc1C3.c1ccc2c(c1)Cc1cc3c(cc1-2)Cc1ccccc1-3.c1ccc2c(c1)Cc1ccc3c(c1-2)-c1ccccc1C3. The van der Waals surface area contributed by atoms with Gasteiger partial charge in [0.1, 0.15) is 0 Å². The number of fused-ring (bicyclic) bond motifs is 40. The lowest BCUT2D eigenvalue weighted by atomic mass is 9.94. The molecular weight excluding hydrogens is 1800 g/mol. The molecular formula is C150H168. The molecule has 0 atom stereocenters. The van der Waals surface area contributed by atoms with Crippen molar-refractivity contribution in [2.24, 2.45) is 0 Å². The molecule has 0 N–H and O–H groups in total. The summed E-state index contributed by atoms with van der Waals surface area (Å²) in [5.74, 6) is 0. The van der Waals surface area contributed by atoms with Crippen molar-refractivity contribution in [3.05, 3.63) is 498 Å². The van der Waals surface area contributed by atoms with Crippen molar-refractivity contribution in [1.29, 1.82) is 0 Å². The Morgan fingerprint density at radius 1 is 0.107 bits per heavy atom. The lowest BCUT2D eigenvalue weighted by Gasteiger charge is -2.10. The normalized spacial score (nSPS) is 11.8. The first-order chi connectivity index (χ1) is 73.9. The molecule has 12 aliphatic carbocycles. The van der Waals surface area contributed by atoms with Gasteiger partial charge in [-0.15, -0.1) is 0 Å². The predicted molar refractivity (Wildman–Crippen MR) is 661 cm³/mol. The molecule has 18 aromatic rings. The van der Waals surface area contributed by atoms with Crippen molar-refractivity contribution < 1.29 is 0 Å². The van der Waals surface area contributed by atoms with Gasteiger partial charge in [-0.05, 0) is 362 Å². The highest BCUT2D eigenvalue weighted by molar-refractivity contribution is 5.97. The Bertz CT molecular complexity index is 7040. The average Bonchev–Trinajstić information content (AvgIpc) is 1.67. The highest BCUT2D eigenvalue weighted by Gasteiger charge is 2.35. The van der Waals surface area contributed by atoms with Crippen molar-refractivity contribution in [1.82, 2.24) is 0 Å². The van der Waals surface area contributed by atoms with Crippen LogP contribution in [0.3, 0.4) is 0 Å². The van der Waals surface area contributed by atoms with Crippen LogP contribution in [-0.4, -0.2) is 0 Å². The second-order valence-electron chi connectivity index (χ2n) is 39.1. The third-order valence-electron chi connectivity index (χ3n) is 28.4. The minimum absolute atomic E-state index is 1.08. The van der Waals surface area contributed by atoms with Crippen LogP contribution >= 0.6 is 0 Å². The van der Waals surface area contributed by atoms with E-state index in [0.717, 1.165) is 77.0 Å². The van der Waals surface area contributed by atoms with Gasteiger partial charge in [-0.3, -0.25) is 0 Å². The first-order valence-corrected chi connectivity index (χ1v) is 57.9. The van der Waals surface area contributed by atoms with Gasteiger partial charge in [0.25, 0.3) is 0 Å². The van der Waals surface area contributed by atoms with Gasteiger partial charge in [0.15, 0.2) is 0 Å². The van der Waals surface area contributed by atoms with Gasteiger partial charge in [0, 0.05) is 0 Å². The molecule has 0 unspecified atom stereocenters. The lowest BCUT2D eigenvalue weighted by molar-refractivity contribution is 1.09. The maximum Gasteiger partial charge on any atom is -0.000718 e. The highest BCUT2D eigenvalue weighted by atomic mass is 14.4. The van der Waals surface area contributed by atoms with Crippen molar-refractivity contribution in [2.75, 3.05) is 0 Å². The van der Waals surface area contributed by atoms with E-state index in [1.54, 1.807) is 11.1 Å². The second-order valence-corrected chi connectivity index (χ2v) is 39.1. The van der Waals surface area contributed by atoms with Crippen LogP contribution in [-0.2, 0) is 77.0 Å². The van der Waals surface area contributed by atoms with E-state index in [9.17, 15) is 0 Å². The largest absolute Gasteiger partial charge is 0.0683 e. The minimum Gasteiger partial charge on any atom is -0.0683 e. The molecule has 0 amide bonds. The van der Waals surface area contributed by atoms with Crippen LogP contribution < -0.4 is 0 Å². The number of hydrogen-bond donors (Lipinski definition) is 0. The molecule has 150 heavy (non-hydrogen) atoms. The topological polar surface area (TPSA) is 0 Å². The monoisotopic (exact) mass is 1970 g/mol. The van der Waals surface area contributed by atoms with E-state index in [4.69, 9.17) is 0 Å². The molecule has 18 aromatic carbocycles. The molecule has 0 heterocycles. The summed E-state index contributed by atoms with van der Waals surface area (Å²) >= 11 is 0. The summed E-state index contributed by atoms with van der Waals surface area (Å²) in [5.41, 5.74) is 70.6. The Kier molecular flexibility index (Phi) is 42.2. The molecule has 0 saturated heterocycles. The maximum absolute atomic E-state index is 2.44. The number of benzene rings is 18. The van der Waals surface area contributed by atoms with E-state index in [1.165, 1.54) is 294 Å². The smallest absolute Gasteiger partial charge is 0.000718 e. The van der Waals surface area contributed by atoms with Gasteiger partial charge >= 0.3 is 0 Å². The van der Waals surface area contributed by atoms with E-state index in [0.29, 0.717) is 0 Å². The van der Waals surface area contributed by atoms with E-state index in [1.807, 2.05) is 83.1 Å². The van der Waals surface area contributed by atoms with Crippen molar-refractivity contribution in [3.8, 4) is 134 Å². The molecule has 12 aliphatic rings. The lowest BCUT2D eigenvalue weighted by Crippen LogP contribution is -1.90. The quantitative estimate of drug-likeness (QED) is 0.142. The van der Waals surface area contributed by atoms with Crippen LogP contribution in [0, 0.1) is 0 Å². The first kappa shape index (κ1) is 113. The van der Waals surface area contributed by atoms with Crippen LogP contribution in [0.4, 0.5) is 0 Å². The van der Waals surface area contributed by atoms with E-state index >= 15 is 0 Å². The molecule has 0 saturated carbocycles. The van der Waals surface area contributed by atoms with Crippen LogP contribution in [0.1, 0.15) is 338 Å². The maximum atomic E-state index is 2.44. The van der Waals surface area contributed by atoms with Crippen molar-refractivity contribution in [3.63, 3.8) is 0 Å². The third-order valence-corrected chi connectivity index (χ3v) is 28.4. The summed E-state index contributed by atoms with van der Waals surface area (Å²) in [4.78, 5) is 0. The zero-order chi connectivity index (χ0) is 107. The van der Waals surface area contributed by atoms with Gasteiger partial charge in [-0.25, -0.2) is 0 Å². The van der Waals surface area contributed by atoms with E-state index in [2.05, 4.69) is 447 Å². The van der Waals surface area contributed by atoms with Gasteiger partial charge in [0.2, 0.25) is 0 Å². The molecule has 0 nitrogen and oxygen atoms in total. The molecule has 0 spiro atoms. The standard InChI is InChI=1S/6C20H14.6C3H8.6C2H6/c2*1-3-7-16-14(6-1)12-19-18(16)10-9-15-11-13-5-2-4-8-17(13)20(15)19;1-3-7-17-13(5-1)9-15-11-20-16(12-19(15)17)10-14-6-2-4-8-18(14)20;1-3-7-17-13(5-1)9-15-11-16-10-14-6-2-4-8-18(14)20(16)12-19(15)17;1-3-7-17-13(5-1)11-15-9-10-16-12-14-6-2-4-8-18(14)20(16)19(15)17;1-3-7-15-13(5-1)11-19-17(15)9-10-18-16-8-4-2-6-14(16)12-20(18)19;6*1-3-2;6*1-2/h2*1-10H,11-12H2;2*1-8,11-12H,9-10H2;2*1-10H,11-12H2;6*3H2,1-2H3;6*1-2H3. The van der Waals surface area contributed by atoms with Gasteiger partial charge in [0.05, 0.1) is 0 Å². The molecule has 0 bridgehead atoms. The van der Waals surface area contributed by atoms with Gasteiger partial charge in [-0.2, -0.15) is 0 Å². The Balaban J connectivity index is 0.000000142. The minimum atomic E-state index is 1.08. The fraction of sp³-hybridized carbons (Fsp3) is 0.280. The van der Waals surface area contributed by atoms with Crippen LogP contribution in [0.5, 0.6) is 0 Å². The zero-order valence-corrected chi connectivity index (χ0v) is 95.4. The third kappa shape index (κ3) is 24.0. The summed E-state index contributed by atoms with van der Waals surface area (Å²) in [6.45, 7) is 49.5. The fourth-order valence-electron chi connectivity index (χ4n) is 23.0. The number of rotatable bonds is 0. The molecule has 30 rings (SSSR count). The highest BCUT2D eigenvalue weighted by Crippen LogP contribution is 2.55. The second kappa shape index (κ2) is 56.0. The summed E-state index contributed by atoms with van der Waals surface area (Å²) < 4.78 is 0. The fourth-order valence-corrected chi connectivity index (χ4v) is 23.0. The molecule has 0 aromatic heterocycles. The van der Waals surface area contributed by atoms with Crippen LogP contribution in [0.2, 0.25) is 0 Å². The summed E-state index contributed by atoms with van der Waals surface area (Å²) in [6.07, 6.45) is 20.6. The van der Waals surface area contributed by atoms with Crippen molar-refractivity contribution in [2.45, 2.75) is 282 Å². The van der Waals surface area contributed by atoms with E-state index < -0.39 is 0 Å². The zero-order valence-electron chi connectivity index (χ0n) is 95.4. The summed E-state index contributed by atoms with van der Waals surface area (Å²) in [7, 11) is 0.